The summed E-state index contributed by atoms with van der Waals surface area (Å²) in [5.74, 6) is 1.62. The second-order valence-corrected chi connectivity index (χ2v) is 5.32. The van der Waals surface area contributed by atoms with Gasteiger partial charge in [0.2, 0.25) is 0 Å². The average Bonchev–Trinajstić information content (AvgIpc) is 2.40. The van der Waals surface area contributed by atoms with Crippen LogP contribution in [-0.4, -0.2) is 34.3 Å². The number of benzene rings is 1. The second-order valence-electron chi connectivity index (χ2n) is 5.32. The minimum atomic E-state index is 0.654. The minimum absolute atomic E-state index is 0.654. The molecule has 0 aliphatic rings. The van der Waals surface area contributed by atoms with Crippen molar-refractivity contribution in [3.63, 3.8) is 0 Å². The van der Waals surface area contributed by atoms with Crippen LogP contribution < -0.4 is 15.0 Å². The van der Waals surface area contributed by atoms with Crippen molar-refractivity contribution in [2.45, 2.75) is 27.2 Å². The summed E-state index contributed by atoms with van der Waals surface area (Å²) in [6, 6.07) is 4.35. The molecule has 3 nitrogen and oxygen atoms in total. The van der Waals surface area contributed by atoms with Crippen LogP contribution in [0.2, 0.25) is 0 Å². The molecule has 0 fully saturated rings. The molecule has 0 bridgehead atoms. The third-order valence-electron chi connectivity index (χ3n) is 3.81. The number of ether oxygens (including phenoxy) is 1. The van der Waals surface area contributed by atoms with Crippen LogP contribution in [0.3, 0.4) is 0 Å². The molecule has 0 aromatic heterocycles. The molecule has 1 aromatic rings. The molecule has 0 spiro atoms. The SMILES string of the molecule is CCC(CNC)CN(C)c1cc(C)c(C)cc1OC. The lowest BCUT2D eigenvalue weighted by atomic mass is 10.0. The zero-order chi connectivity index (χ0) is 14.4. The van der Waals surface area contributed by atoms with Crippen molar-refractivity contribution in [3.05, 3.63) is 23.3 Å². The molecule has 0 saturated carbocycles. The van der Waals surface area contributed by atoms with E-state index in [2.05, 4.69) is 50.2 Å². The van der Waals surface area contributed by atoms with E-state index in [1.807, 2.05) is 7.05 Å². The fraction of sp³-hybridized carbons (Fsp3) is 0.625. The molecule has 1 aromatic carbocycles. The highest BCUT2D eigenvalue weighted by Crippen LogP contribution is 2.31. The van der Waals surface area contributed by atoms with Gasteiger partial charge in [-0.25, -0.2) is 0 Å². The Morgan fingerprint density at radius 3 is 2.42 bits per heavy atom. The highest BCUT2D eigenvalue weighted by atomic mass is 16.5. The first-order valence-corrected chi connectivity index (χ1v) is 7.04. The average molecular weight is 264 g/mol. The van der Waals surface area contributed by atoms with Gasteiger partial charge in [-0.2, -0.15) is 0 Å². The summed E-state index contributed by atoms with van der Waals surface area (Å²) in [6.45, 7) is 8.60. The van der Waals surface area contributed by atoms with Crippen LogP contribution >= 0.6 is 0 Å². The number of aryl methyl sites for hydroxylation is 2. The largest absolute Gasteiger partial charge is 0.495 e. The van der Waals surface area contributed by atoms with Gasteiger partial charge < -0.3 is 15.0 Å². The van der Waals surface area contributed by atoms with Gasteiger partial charge in [0.25, 0.3) is 0 Å². The number of hydrogen-bond acceptors (Lipinski definition) is 3. The number of nitrogens with one attached hydrogen (secondary N) is 1. The molecule has 0 radical (unpaired) electrons. The molecule has 0 saturated heterocycles. The lowest BCUT2D eigenvalue weighted by molar-refractivity contribution is 0.412. The smallest absolute Gasteiger partial charge is 0.142 e. The van der Waals surface area contributed by atoms with E-state index in [1.165, 1.54) is 23.2 Å². The Morgan fingerprint density at radius 1 is 1.26 bits per heavy atom. The number of rotatable bonds is 7. The summed E-state index contributed by atoms with van der Waals surface area (Å²) in [7, 11) is 5.90. The van der Waals surface area contributed by atoms with E-state index < -0.39 is 0 Å². The lowest BCUT2D eigenvalue weighted by Crippen LogP contribution is -2.31. The zero-order valence-electron chi connectivity index (χ0n) is 13.2. The monoisotopic (exact) mass is 264 g/mol. The Morgan fingerprint density at radius 2 is 1.89 bits per heavy atom. The van der Waals surface area contributed by atoms with Crippen molar-refractivity contribution in [1.82, 2.24) is 5.32 Å². The fourth-order valence-electron chi connectivity index (χ4n) is 2.35. The number of hydrogen-bond donors (Lipinski definition) is 1. The van der Waals surface area contributed by atoms with Gasteiger partial charge in [0.05, 0.1) is 12.8 Å². The molecular weight excluding hydrogens is 236 g/mol. The maximum atomic E-state index is 5.52. The van der Waals surface area contributed by atoms with E-state index in [9.17, 15) is 0 Å². The van der Waals surface area contributed by atoms with E-state index in [-0.39, 0.29) is 0 Å². The Hall–Kier alpha value is -1.22. The van der Waals surface area contributed by atoms with Crippen LogP contribution in [0.1, 0.15) is 24.5 Å². The number of nitrogens with zero attached hydrogens (tertiary/aromatic N) is 1. The number of anilines is 1. The van der Waals surface area contributed by atoms with Gasteiger partial charge >= 0.3 is 0 Å². The predicted molar refractivity (Wildman–Crippen MR) is 83.4 cm³/mol. The topological polar surface area (TPSA) is 24.5 Å². The molecule has 19 heavy (non-hydrogen) atoms. The molecular formula is C16H28N2O. The van der Waals surface area contributed by atoms with E-state index in [1.54, 1.807) is 7.11 Å². The third-order valence-corrected chi connectivity index (χ3v) is 3.81. The zero-order valence-corrected chi connectivity index (χ0v) is 13.2. The second kappa shape index (κ2) is 7.39. The van der Waals surface area contributed by atoms with Crippen molar-refractivity contribution >= 4 is 5.69 Å². The third kappa shape index (κ3) is 4.13. The first kappa shape index (κ1) is 15.8. The summed E-state index contributed by atoms with van der Waals surface area (Å²) in [5.41, 5.74) is 3.76. The molecule has 1 unspecified atom stereocenters. The van der Waals surface area contributed by atoms with Gasteiger partial charge in [-0.3, -0.25) is 0 Å². The summed E-state index contributed by atoms with van der Waals surface area (Å²) in [4.78, 5) is 2.30. The predicted octanol–water partition coefficient (Wildman–Crippen LogP) is 2.99. The van der Waals surface area contributed by atoms with Crippen molar-refractivity contribution in [2.24, 2.45) is 5.92 Å². The van der Waals surface area contributed by atoms with Gasteiger partial charge in [0.15, 0.2) is 0 Å². The van der Waals surface area contributed by atoms with Gasteiger partial charge in [0, 0.05) is 13.6 Å². The summed E-state index contributed by atoms with van der Waals surface area (Å²) in [6.07, 6.45) is 1.18. The molecule has 1 rings (SSSR count). The van der Waals surface area contributed by atoms with Crippen molar-refractivity contribution in [1.29, 1.82) is 0 Å². The van der Waals surface area contributed by atoms with Gasteiger partial charge in [-0.15, -0.1) is 0 Å². The first-order valence-electron chi connectivity index (χ1n) is 7.04. The van der Waals surface area contributed by atoms with Gasteiger partial charge in [0.1, 0.15) is 5.75 Å². The van der Waals surface area contributed by atoms with Gasteiger partial charge in [-0.1, -0.05) is 13.3 Å². The molecule has 108 valence electrons. The van der Waals surface area contributed by atoms with Gasteiger partial charge in [-0.05, 0) is 56.6 Å². The minimum Gasteiger partial charge on any atom is -0.495 e. The summed E-state index contributed by atoms with van der Waals surface area (Å²) < 4.78 is 5.52. The van der Waals surface area contributed by atoms with Crippen molar-refractivity contribution in [3.8, 4) is 5.75 Å². The van der Waals surface area contributed by atoms with Crippen LogP contribution in [0.25, 0.3) is 0 Å². The summed E-state index contributed by atoms with van der Waals surface area (Å²) in [5, 5.41) is 3.27. The summed E-state index contributed by atoms with van der Waals surface area (Å²) >= 11 is 0. The Labute approximate surface area is 118 Å². The fourth-order valence-corrected chi connectivity index (χ4v) is 2.35. The molecule has 0 aliphatic carbocycles. The Kier molecular flexibility index (Phi) is 6.16. The normalized spacial score (nSPS) is 12.3. The Balaban J connectivity index is 2.91. The van der Waals surface area contributed by atoms with Crippen molar-refractivity contribution in [2.75, 3.05) is 39.2 Å². The molecule has 0 amide bonds. The highest BCUT2D eigenvalue weighted by Gasteiger charge is 2.14. The highest BCUT2D eigenvalue weighted by molar-refractivity contribution is 5.61. The van der Waals surface area contributed by atoms with E-state index >= 15 is 0 Å². The first-order chi connectivity index (χ1) is 9.03. The van der Waals surface area contributed by atoms with Crippen LogP contribution in [0, 0.1) is 19.8 Å². The number of methoxy groups -OCH3 is 1. The molecule has 3 heteroatoms. The van der Waals surface area contributed by atoms with Crippen LogP contribution in [-0.2, 0) is 0 Å². The van der Waals surface area contributed by atoms with Crippen LogP contribution in [0.4, 0.5) is 5.69 Å². The maximum Gasteiger partial charge on any atom is 0.142 e. The van der Waals surface area contributed by atoms with E-state index in [0.717, 1.165) is 18.8 Å². The van der Waals surface area contributed by atoms with E-state index in [4.69, 9.17) is 4.74 Å². The van der Waals surface area contributed by atoms with Crippen LogP contribution in [0.5, 0.6) is 5.75 Å². The molecule has 0 heterocycles. The lowest BCUT2D eigenvalue weighted by Gasteiger charge is -2.27. The maximum absolute atomic E-state index is 5.52. The van der Waals surface area contributed by atoms with Crippen molar-refractivity contribution < 1.29 is 4.74 Å². The quantitative estimate of drug-likeness (QED) is 0.819. The Bertz CT molecular complexity index is 404. The molecule has 1 N–H and O–H groups in total. The molecule has 1 atom stereocenters. The molecule has 0 aliphatic heterocycles. The standard InChI is InChI=1S/C16H28N2O/c1-7-14(10-17-4)11-18(5)15-8-12(2)13(3)9-16(15)19-6/h8-9,14,17H,7,10-11H2,1-6H3. The van der Waals surface area contributed by atoms with Crippen LogP contribution in [0.15, 0.2) is 12.1 Å². The van der Waals surface area contributed by atoms with E-state index in [0.29, 0.717) is 5.92 Å².